The predicted octanol–water partition coefficient (Wildman–Crippen LogP) is 3.41. The lowest BCUT2D eigenvalue weighted by Crippen LogP contribution is -2.44. The first-order valence-corrected chi connectivity index (χ1v) is 15.7. The highest BCUT2D eigenvalue weighted by molar-refractivity contribution is 6.07. The van der Waals surface area contributed by atoms with E-state index in [1.54, 1.807) is 20.3 Å². The van der Waals surface area contributed by atoms with Gasteiger partial charge in [-0.3, -0.25) is 23.9 Å². The summed E-state index contributed by atoms with van der Waals surface area (Å²) in [4.78, 5) is 59.3. The lowest BCUT2D eigenvalue weighted by Gasteiger charge is -2.26. The molecule has 1 saturated heterocycles. The van der Waals surface area contributed by atoms with Crippen LogP contribution >= 0.6 is 0 Å². The van der Waals surface area contributed by atoms with Crippen LogP contribution in [0.15, 0.2) is 30.6 Å². The molecule has 12 heteroatoms. The number of hydrogen-bond donors (Lipinski definition) is 1. The van der Waals surface area contributed by atoms with Gasteiger partial charge in [-0.2, -0.15) is 10.2 Å². The molecule has 2 bridgehead atoms. The van der Waals surface area contributed by atoms with Gasteiger partial charge in [0.05, 0.1) is 23.9 Å². The number of Topliss-reactive ketones (excluding diaryl/α,β-unsaturated/α-hetero) is 2. The van der Waals surface area contributed by atoms with Gasteiger partial charge in [0.15, 0.2) is 17.2 Å². The van der Waals surface area contributed by atoms with E-state index in [2.05, 4.69) is 20.5 Å². The zero-order valence-corrected chi connectivity index (χ0v) is 25.8. The van der Waals surface area contributed by atoms with Crippen molar-refractivity contribution in [1.82, 2.24) is 34.6 Å². The Morgan fingerprint density at radius 3 is 2.76 bits per heavy atom. The van der Waals surface area contributed by atoms with Crippen LogP contribution in [0.4, 0.5) is 0 Å². The second kappa shape index (κ2) is 11.2. The van der Waals surface area contributed by atoms with Gasteiger partial charge >= 0.3 is 0 Å². The third-order valence-electron chi connectivity index (χ3n) is 9.54. The lowest BCUT2D eigenvalue weighted by atomic mass is 9.97. The number of ether oxygens (including phenoxy) is 1. The minimum absolute atomic E-state index is 0.0464. The highest BCUT2D eigenvalue weighted by atomic mass is 16.5. The largest absolute Gasteiger partial charge is 0.381 e. The summed E-state index contributed by atoms with van der Waals surface area (Å²) in [7, 11) is 0. The number of aryl methyl sites for hydroxylation is 1. The number of fused-ring (bicyclic) bond motifs is 1. The monoisotopic (exact) mass is 611 g/mol. The molecule has 1 N–H and O–H groups in total. The van der Waals surface area contributed by atoms with Gasteiger partial charge in [-0.25, -0.2) is 9.50 Å². The summed E-state index contributed by atoms with van der Waals surface area (Å²) in [6.45, 7) is 6.25. The van der Waals surface area contributed by atoms with Crippen molar-refractivity contribution in [2.75, 3.05) is 13.2 Å². The highest BCUT2D eigenvalue weighted by Gasteiger charge is 2.66. The number of benzene rings is 1. The van der Waals surface area contributed by atoms with E-state index in [9.17, 15) is 19.2 Å². The molecular weight excluding hydrogens is 574 g/mol. The van der Waals surface area contributed by atoms with E-state index in [0.29, 0.717) is 49.8 Å². The number of ketones is 2. The topological polar surface area (TPSA) is 141 Å². The first-order valence-electron chi connectivity index (χ1n) is 15.7. The van der Waals surface area contributed by atoms with Crippen LogP contribution in [0.5, 0.6) is 0 Å². The van der Waals surface area contributed by atoms with E-state index in [1.165, 1.54) is 6.92 Å². The molecule has 3 atom stereocenters. The Hall–Kier alpha value is -4.45. The van der Waals surface area contributed by atoms with Gasteiger partial charge in [0, 0.05) is 73.8 Å². The van der Waals surface area contributed by atoms with Crippen molar-refractivity contribution in [2.24, 2.45) is 5.41 Å². The quantitative estimate of drug-likeness (QED) is 0.346. The SMILES string of the molecule is CCC(=O)[C@@H]1C[C@]23COCCCCC(=O)NCc4cc(-c5cnc6cc(C)nn6c5)cc5c(C(C)=O)nn(c45)CC(=O)N1[C@@H]2C3. The Morgan fingerprint density at radius 2 is 1.96 bits per heavy atom. The van der Waals surface area contributed by atoms with E-state index >= 15 is 0 Å². The number of carbonyl (C=O) groups excluding carboxylic acids is 4. The Bertz CT molecular complexity index is 1880. The molecule has 2 fully saturated rings. The molecule has 1 aromatic carbocycles. The van der Waals surface area contributed by atoms with Crippen LogP contribution in [0.1, 0.15) is 74.1 Å². The number of aromatic nitrogens is 5. The fraction of sp³-hybridized carbons (Fsp3) is 0.485. The van der Waals surface area contributed by atoms with Crippen molar-refractivity contribution >= 4 is 39.9 Å². The predicted molar refractivity (Wildman–Crippen MR) is 164 cm³/mol. The fourth-order valence-electron chi connectivity index (χ4n) is 7.19. The Morgan fingerprint density at radius 1 is 1.11 bits per heavy atom. The van der Waals surface area contributed by atoms with Crippen molar-refractivity contribution < 1.29 is 23.9 Å². The molecule has 0 radical (unpaired) electrons. The second-order valence-electron chi connectivity index (χ2n) is 12.7. The van der Waals surface area contributed by atoms with Gasteiger partial charge in [-0.1, -0.05) is 6.92 Å². The van der Waals surface area contributed by atoms with Crippen LogP contribution in [0.25, 0.3) is 27.7 Å². The molecule has 4 aromatic rings. The van der Waals surface area contributed by atoms with Crippen molar-refractivity contribution in [2.45, 2.75) is 84.5 Å². The Balaban J connectivity index is 1.34. The minimum atomic E-state index is -0.489. The number of piperidine rings is 1. The van der Waals surface area contributed by atoms with Gasteiger partial charge in [0.1, 0.15) is 12.2 Å². The van der Waals surface area contributed by atoms with Gasteiger partial charge in [-0.05, 0) is 55.9 Å². The zero-order valence-electron chi connectivity index (χ0n) is 25.8. The minimum Gasteiger partial charge on any atom is -0.381 e. The molecule has 12 nitrogen and oxygen atoms in total. The van der Waals surface area contributed by atoms with E-state index < -0.39 is 6.04 Å². The fourth-order valence-corrected chi connectivity index (χ4v) is 7.19. The van der Waals surface area contributed by atoms with Crippen LogP contribution in [0, 0.1) is 12.3 Å². The van der Waals surface area contributed by atoms with Crippen LogP contribution in [0.3, 0.4) is 0 Å². The van der Waals surface area contributed by atoms with Crippen LogP contribution in [-0.4, -0.2) is 78.0 Å². The molecule has 1 aliphatic carbocycles. The molecule has 3 aliphatic rings. The maximum atomic E-state index is 14.1. The number of nitrogens with one attached hydrogen (secondary N) is 1. The number of carbonyl (C=O) groups is 4. The van der Waals surface area contributed by atoms with Crippen molar-refractivity contribution in [3.63, 3.8) is 0 Å². The lowest BCUT2D eigenvalue weighted by molar-refractivity contribution is -0.139. The van der Waals surface area contributed by atoms with Crippen LogP contribution in [0.2, 0.25) is 0 Å². The highest BCUT2D eigenvalue weighted by Crippen LogP contribution is 2.60. The normalized spacial score (nSPS) is 24.0. The molecule has 2 aliphatic heterocycles. The van der Waals surface area contributed by atoms with Gasteiger partial charge in [-0.15, -0.1) is 0 Å². The van der Waals surface area contributed by atoms with E-state index in [-0.39, 0.29) is 53.6 Å². The van der Waals surface area contributed by atoms with Crippen molar-refractivity contribution in [1.29, 1.82) is 0 Å². The van der Waals surface area contributed by atoms with Gasteiger partial charge in [0.2, 0.25) is 11.8 Å². The number of amides is 2. The Labute approximate surface area is 260 Å². The second-order valence-corrected chi connectivity index (χ2v) is 12.7. The standard InChI is InChI=1S/C33H37N7O5/c1-4-26(42)25-12-33-13-27(33)40(25)30(44)17-39-32-22(14-35-29(43)7-5-6-8-45-18-33)10-21(11-24(32)31(37-39)20(3)41)23-15-34-28-9-19(2)36-38(28)16-23/h9-11,15-16,25,27H,4-8,12-14,17-18H2,1-3H3,(H,35,43)/t25-,27+,33-/m0/s1. The molecule has 45 heavy (non-hydrogen) atoms. The molecule has 5 heterocycles. The summed E-state index contributed by atoms with van der Waals surface area (Å²) in [5.74, 6) is -0.494. The summed E-state index contributed by atoms with van der Waals surface area (Å²) in [6, 6.07) is 5.17. The summed E-state index contributed by atoms with van der Waals surface area (Å²) < 4.78 is 9.31. The average molecular weight is 612 g/mol. The molecular formula is C33H37N7O5. The van der Waals surface area contributed by atoms with Gasteiger partial charge in [0.25, 0.3) is 0 Å². The zero-order chi connectivity index (χ0) is 31.5. The first kappa shape index (κ1) is 29.3. The van der Waals surface area contributed by atoms with E-state index in [1.807, 2.05) is 38.2 Å². The summed E-state index contributed by atoms with van der Waals surface area (Å²) >= 11 is 0. The molecule has 1 saturated carbocycles. The maximum absolute atomic E-state index is 14.1. The third-order valence-corrected chi connectivity index (χ3v) is 9.54. The molecule has 0 unspecified atom stereocenters. The first-order chi connectivity index (χ1) is 21.7. The van der Waals surface area contributed by atoms with Crippen molar-refractivity contribution in [3.05, 3.63) is 47.5 Å². The smallest absolute Gasteiger partial charge is 0.245 e. The maximum Gasteiger partial charge on any atom is 0.245 e. The molecule has 7 rings (SSSR count). The van der Waals surface area contributed by atoms with Crippen LogP contribution in [-0.2, 0) is 32.2 Å². The van der Waals surface area contributed by atoms with Crippen molar-refractivity contribution in [3.8, 4) is 11.1 Å². The number of rotatable bonds is 4. The number of hydrogen-bond acceptors (Lipinski definition) is 8. The molecule has 0 spiro atoms. The van der Waals surface area contributed by atoms with Crippen LogP contribution < -0.4 is 5.32 Å². The summed E-state index contributed by atoms with van der Waals surface area (Å²) in [5, 5.41) is 12.8. The summed E-state index contributed by atoms with van der Waals surface area (Å²) in [6.07, 6.45) is 7.16. The Kier molecular flexibility index (Phi) is 7.26. The number of nitrogens with zero attached hydrogens (tertiary/aromatic N) is 6. The third kappa shape index (κ3) is 5.20. The molecule has 2 amide bonds. The van der Waals surface area contributed by atoms with Gasteiger partial charge < -0.3 is 15.0 Å². The molecule has 234 valence electrons. The average Bonchev–Trinajstić information content (AvgIpc) is 3.27. The van der Waals surface area contributed by atoms with E-state index in [0.717, 1.165) is 40.9 Å². The summed E-state index contributed by atoms with van der Waals surface area (Å²) in [5.41, 5.74) is 4.47. The molecule has 3 aromatic heterocycles. The van der Waals surface area contributed by atoms with E-state index in [4.69, 9.17) is 4.74 Å².